The van der Waals surface area contributed by atoms with E-state index in [-0.39, 0.29) is 0 Å². The first-order valence-corrected chi connectivity index (χ1v) is 3.94. The van der Waals surface area contributed by atoms with E-state index in [1.807, 2.05) is 0 Å². The van der Waals surface area contributed by atoms with Gasteiger partial charge in [-0.1, -0.05) is 6.07 Å². The summed E-state index contributed by atoms with van der Waals surface area (Å²) in [6, 6.07) is 3.37. The van der Waals surface area contributed by atoms with Crippen LogP contribution in [-0.4, -0.2) is 22.2 Å². The molecule has 0 saturated carbocycles. The molecule has 5 heteroatoms. The molecule has 1 aromatic rings. The highest BCUT2D eigenvalue weighted by molar-refractivity contribution is 5.89. The van der Waals surface area contributed by atoms with Gasteiger partial charge < -0.3 is 10.2 Å². The van der Waals surface area contributed by atoms with E-state index >= 15 is 0 Å². The zero-order chi connectivity index (χ0) is 11.4. The van der Waals surface area contributed by atoms with Crippen LogP contribution in [0.25, 0.3) is 6.08 Å². The number of hydrogen-bond acceptors (Lipinski definition) is 2. The molecule has 0 aliphatic rings. The molecule has 0 amide bonds. The van der Waals surface area contributed by atoms with Crippen LogP contribution in [0.15, 0.2) is 24.3 Å². The van der Waals surface area contributed by atoms with Crippen molar-refractivity contribution in [3.8, 4) is 0 Å². The van der Waals surface area contributed by atoms with Crippen LogP contribution in [0, 0.1) is 5.82 Å². The lowest BCUT2D eigenvalue weighted by atomic mass is 10.1. The largest absolute Gasteiger partial charge is 0.478 e. The number of benzene rings is 1. The van der Waals surface area contributed by atoms with E-state index in [1.165, 1.54) is 12.1 Å². The molecule has 4 nitrogen and oxygen atoms in total. The highest BCUT2D eigenvalue weighted by Gasteiger charge is 2.09. The van der Waals surface area contributed by atoms with Crippen LogP contribution in [0.3, 0.4) is 0 Å². The SMILES string of the molecule is O=C(O)C=Cc1ccc(C(=O)O)c(F)c1. The number of carboxylic acid groups (broad SMARTS) is 2. The van der Waals surface area contributed by atoms with Crippen LogP contribution in [-0.2, 0) is 4.79 Å². The van der Waals surface area contributed by atoms with Gasteiger partial charge in [0.05, 0.1) is 5.56 Å². The molecule has 78 valence electrons. The molecule has 0 saturated heterocycles. The average molecular weight is 210 g/mol. The van der Waals surface area contributed by atoms with Crippen molar-refractivity contribution >= 4 is 18.0 Å². The van der Waals surface area contributed by atoms with Crippen LogP contribution < -0.4 is 0 Å². The van der Waals surface area contributed by atoms with Gasteiger partial charge in [-0.15, -0.1) is 0 Å². The second-order valence-corrected chi connectivity index (χ2v) is 2.72. The first kappa shape index (κ1) is 10.9. The standard InChI is InChI=1S/C10H7FO4/c11-8-5-6(2-4-9(12)13)1-3-7(8)10(14)15/h1-5H,(H,12,13)(H,14,15). The van der Waals surface area contributed by atoms with Gasteiger partial charge in [0.25, 0.3) is 0 Å². The molecule has 0 radical (unpaired) electrons. The first-order valence-electron chi connectivity index (χ1n) is 3.94. The maximum atomic E-state index is 13.1. The van der Waals surface area contributed by atoms with Crippen molar-refractivity contribution in [3.05, 3.63) is 41.2 Å². The Bertz CT molecular complexity index is 437. The van der Waals surface area contributed by atoms with Gasteiger partial charge in [0, 0.05) is 6.08 Å². The van der Waals surface area contributed by atoms with E-state index in [1.54, 1.807) is 0 Å². The van der Waals surface area contributed by atoms with E-state index in [0.717, 1.165) is 18.2 Å². The third kappa shape index (κ3) is 2.91. The van der Waals surface area contributed by atoms with Gasteiger partial charge in [-0.25, -0.2) is 14.0 Å². The van der Waals surface area contributed by atoms with Crippen molar-refractivity contribution in [2.45, 2.75) is 0 Å². The number of rotatable bonds is 3. The summed E-state index contributed by atoms with van der Waals surface area (Å²) in [7, 11) is 0. The van der Waals surface area contributed by atoms with Crippen molar-refractivity contribution in [2.75, 3.05) is 0 Å². The third-order valence-corrected chi connectivity index (χ3v) is 1.64. The van der Waals surface area contributed by atoms with Crippen LogP contribution >= 0.6 is 0 Å². The summed E-state index contributed by atoms with van der Waals surface area (Å²) in [5.41, 5.74) is -0.151. The molecule has 0 spiro atoms. The molecule has 1 rings (SSSR count). The maximum absolute atomic E-state index is 13.1. The number of carbonyl (C=O) groups is 2. The first-order chi connectivity index (χ1) is 7.00. The predicted octanol–water partition coefficient (Wildman–Crippen LogP) is 1.62. The van der Waals surface area contributed by atoms with Gasteiger partial charge >= 0.3 is 11.9 Å². The lowest BCUT2D eigenvalue weighted by Gasteiger charge is -1.98. The smallest absolute Gasteiger partial charge is 0.338 e. The van der Waals surface area contributed by atoms with Crippen LogP contribution in [0.1, 0.15) is 15.9 Å². The Balaban J connectivity index is 3.01. The van der Waals surface area contributed by atoms with Crippen molar-refractivity contribution in [2.24, 2.45) is 0 Å². The van der Waals surface area contributed by atoms with E-state index < -0.39 is 23.3 Å². The van der Waals surface area contributed by atoms with Crippen molar-refractivity contribution in [1.29, 1.82) is 0 Å². The van der Waals surface area contributed by atoms with Gasteiger partial charge in [-0.05, 0) is 23.8 Å². The van der Waals surface area contributed by atoms with E-state index in [9.17, 15) is 14.0 Å². The molecule has 0 fully saturated rings. The lowest BCUT2D eigenvalue weighted by molar-refractivity contribution is -0.131. The molecule has 1 aromatic carbocycles. The highest BCUT2D eigenvalue weighted by atomic mass is 19.1. The topological polar surface area (TPSA) is 74.6 Å². The minimum absolute atomic E-state index is 0.292. The van der Waals surface area contributed by atoms with Crippen LogP contribution in [0.4, 0.5) is 4.39 Å². The quantitative estimate of drug-likeness (QED) is 0.743. The molecule has 0 unspecified atom stereocenters. The summed E-state index contributed by atoms with van der Waals surface area (Å²) in [6.07, 6.45) is 2.02. The Labute approximate surface area is 84.3 Å². The fourth-order valence-electron chi connectivity index (χ4n) is 0.976. The summed E-state index contributed by atoms with van der Waals surface area (Å²) < 4.78 is 13.1. The van der Waals surface area contributed by atoms with E-state index in [4.69, 9.17) is 10.2 Å². The van der Waals surface area contributed by atoms with Crippen molar-refractivity contribution in [3.63, 3.8) is 0 Å². The Kier molecular flexibility index (Phi) is 3.17. The van der Waals surface area contributed by atoms with E-state index in [2.05, 4.69) is 0 Å². The minimum atomic E-state index is -1.36. The second-order valence-electron chi connectivity index (χ2n) is 2.72. The molecular formula is C10H7FO4. The predicted molar refractivity (Wildman–Crippen MR) is 50.0 cm³/mol. The van der Waals surface area contributed by atoms with Gasteiger partial charge in [0.2, 0.25) is 0 Å². The van der Waals surface area contributed by atoms with Gasteiger partial charge in [-0.3, -0.25) is 0 Å². The van der Waals surface area contributed by atoms with Gasteiger partial charge in [0.1, 0.15) is 5.82 Å². The fourth-order valence-corrected chi connectivity index (χ4v) is 0.976. The number of aliphatic carboxylic acids is 1. The molecule has 0 aliphatic carbocycles. The fraction of sp³-hybridized carbons (Fsp3) is 0. The second kappa shape index (κ2) is 4.36. The Hall–Kier alpha value is -2.17. The highest BCUT2D eigenvalue weighted by Crippen LogP contribution is 2.11. The Morgan fingerprint density at radius 3 is 2.40 bits per heavy atom. The molecular weight excluding hydrogens is 203 g/mol. The average Bonchev–Trinajstić information content (AvgIpc) is 2.14. The summed E-state index contributed by atoms with van der Waals surface area (Å²) in [5.74, 6) is -3.41. The normalized spacial score (nSPS) is 10.5. The molecule has 0 aromatic heterocycles. The molecule has 2 N–H and O–H groups in total. The number of halogens is 1. The zero-order valence-electron chi connectivity index (χ0n) is 7.48. The monoisotopic (exact) mass is 210 g/mol. The van der Waals surface area contributed by atoms with E-state index in [0.29, 0.717) is 5.56 Å². The summed E-state index contributed by atoms with van der Waals surface area (Å²) >= 11 is 0. The molecule has 0 aliphatic heterocycles. The minimum Gasteiger partial charge on any atom is -0.478 e. The van der Waals surface area contributed by atoms with Crippen LogP contribution in [0.2, 0.25) is 0 Å². The molecule has 0 bridgehead atoms. The molecule has 15 heavy (non-hydrogen) atoms. The number of carboxylic acids is 2. The van der Waals surface area contributed by atoms with Crippen LogP contribution in [0.5, 0.6) is 0 Å². The van der Waals surface area contributed by atoms with Gasteiger partial charge in [0.15, 0.2) is 0 Å². The van der Waals surface area contributed by atoms with Crippen molar-refractivity contribution in [1.82, 2.24) is 0 Å². The molecule has 0 atom stereocenters. The summed E-state index contributed by atoms with van der Waals surface area (Å²) in [4.78, 5) is 20.6. The van der Waals surface area contributed by atoms with Crippen molar-refractivity contribution < 1.29 is 24.2 Å². The maximum Gasteiger partial charge on any atom is 0.338 e. The summed E-state index contributed by atoms with van der Waals surface area (Å²) in [5, 5.41) is 16.8. The Morgan fingerprint density at radius 1 is 1.27 bits per heavy atom. The third-order valence-electron chi connectivity index (χ3n) is 1.64. The zero-order valence-corrected chi connectivity index (χ0v) is 7.48. The van der Waals surface area contributed by atoms with Gasteiger partial charge in [-0.2, -0.15) is 0 Å². The number of hydrogen-bond donors (Lipinski definition) is 2. The lowest BCUT2D eigenvalue weighted by Crippen LogP contribution is -2.00. The molecule has 0 heterocycles. The summed E-state index contributed by atoms with van der Waals surface area (Å²) in [6.45, 7) is 0. The number of aromatic carboxylic acids is 1. The Morgan fingerprint density at radius 2 is 1.93 bits per heavy atom.